The Morgan fingerprint density at radius 1 is 1.42 bits per heavy atom. The summed E-state index contributed by atoms with van der Waals surface area (Å²) in [5.41, 5.74) is 3.76. The van der Waals surface area contributed by atoms with Crippen molar-refractivity contribution in [2.45, 2.75) is 40.3 Å². The van der Waals surface area contributed by atoms with Crippen LogP contribution in [-0.2, 0) is 19.5 Å². The summed E-state index contributed by atoms with van der Waals surface area (Å²) in [6, 6.07) is 1.88. The van der Waals surface area contributed by atoms with E-state index >= 15 is 0 Å². The van der Waals surface area contributed by atoms with Crippen molar-refractivity contribution in [3.05, 3.63) is 45.6 Å². The predicted octanol–water partition coefficient (Wildman–Crippen LogP) is 3.76. The first-order chi connectivity index (χ1) is 12.5. The van der Waals surface area contributed by atoms with Gasteiger partial charge in [-0.05, 0) is 24.3 Å². The molecule has 0 aromatic carbocycles. The number of hydrogen-bond acceptors (Lipinski definition) is 5. The molecule has 0 aliphatic carbocycles. The number of carbonyl (C=O) groups excluding carboxylic acids is 1. The van der Waals surface area contributed by atoms with Crippen LogP contribution in [0.1, 0.15) is 41.2 Å². The smallest absolute Gasteiger partial charge is 0.255 e. The number of amides is 1. The third-order valence-corrected chi connectivity index (χ3v) is 5.23. The van der Waals surface area contributed by atoms with Crippen molar-refractivity contribution in [3.8, 4) is 11.6 Å². The van der Waals surface area contributed by atoms with E-state index in [0.29, 0.717) is 24.9 Å². The highest BCUT2D eigenvalue weighted by molar-refractivity contribution is 7.08. The zero-order chi connectivity index (χ0) is 18.3. The molecule has 0 saturated carbocycles. The van der Waals surface area contributed by atoms with Gasteiger partial charge in [0.25, 0.3) is 5.91 Å². The number of aromatic nitrogens is 3. The van der Waals surface area contributed by atoms with E-state index in [9.17, 15) is 4.79 Å². The van der Waals surface area contributed by atoms with Crippen molar-refractivity contribution in [2.24, 2.45) is 5.92 Å². The van der Waals surface area contributed by atoms with Crippen LogP contribution in [0, 0.1) is 12.8 Å². The first kappa shape index (κ1) is 17.0. The second-order valence-electron chi connectivity index (χ2n) is 7.11. The number of fused-ring (bicyclic) bond motifs is 1. The van der Waals surface area contributed by atoms with E-state index in [1.165, 1.54) is 5.69 Å². The molecule has 0 fully saturated rings. The molecule has 3 aromatic rings. The molecule has 0 N–H and O–H groups in total. The Hall–Kier alpha value is -2.41. The Bertz CT molecular complexity index is 924. The molecule has 4 heterocycles. The number of rotatable bonds is 4. The maximum atomic E-state index is 12.8. The van der Waals surface area contributed by atoms with Gasteiger partial charge in [-0.3, -0.25) is 9.48 Å². The van der Waals surface area contributed by atoms with Crippen molar-refractivity contribution in [2.75, 3.05) is 6.54 Å². The Labute approximate surface area is 156 Å². The lowest BCUT2D eigenvalue weighted by Crippen LogP contribution is -2.36. The van der Waals surface area contributed by atoms with Gasteiger partial charge >= 0.3 is 0 Å². The Morgan fingerprint density at radius 3 is 2.92 bits per heavy atom. The van der Waals surface area contributed by atoms with E-state index in [1.807, 2.05) is 28.7 Å². The first-order valence-corrected chi connectivity index (χ1v) is 9.80. The minimum absolute atomic E-state index is 0.0723. The number of oxazole rings is 1. The third-order valence-electron chi connectivity index (χ3n) is 4.55. The molecule has 1 amide bonds. The summed E-state index contributed by atoms with van der Waals surface area (Å²) in [6.07, 6.45) is 2.50. The summed E-state index contributed by atoms with van der Waals surface area (Å²) in [7, 11) is 0. The molecule has 0 spiro atoms. The maximum Gasteiger partial charge on any atom is 0.255 e. The molecule has 1 aliphatic heterocycles. The quantitative estimate of drug-likeness (QED) is 0.701. The van der Waals surface area contributed by atoms with Crippen LogP contribution in [0.3, 0.4) is 0 Å². The van der Waals surface area contributed by atoms with E-state index in [1.54, 1.807) is 17.5 Å². The van der Waals surface area contributed by atoms with Gasteiger partial charge in [-0.2, -0.15) is 16.4 Å². The van der Waals surface area contributed by atoms with Gasteiger partial charge in [0, 0.05) is 36.1 Å². The second-order valence-corrected chi connectivity index (χ2v) is 7.89. The third kappa shape index (κ3) is 3.07. The highest BCUT2D eigenvalue weighted by Gasteiger charge is 2.30. The maximum absolute atomic E-state index is 12.8. The van der Waals surface area contributed by atoms with Crippen molar-refractivity contribution >= 4 is 17.2 Å². The van der Waals surface area contributed by atoms with E-state index in [-0.39, 0.29) is 5.91 Å². The van der Waals surface area contributed by atoms with Gasteiger partial charge < -0.3 is 9.32 Å². The van der Waals surface area contributed by atoms with E-state index in [0.717, 1.165) is 35.5 Å². The van der Waals surface area contributed by atoms with Gasteiger partial charge in [0.1, 0.15) is 5.76 Å². The monoisotopic (exact) mass is 370 g/mol. The molecule has 0 radical (unpaired) electrons. The highest BCUT2D eigenvalue weighted by Crippen LogP contribution is 2.31. The molecule has 0 saturated heterocycles. The van der Waals surface area contributed by atoms with Crippen molar-refractivity contribution in [1.29, 1.82) is 0 Å². The van der Waals surface area contributed by atoms with E-state index in [4.69, 9.17) is 9.52 Å². The largest absolute Gasteiger partial charge is 0.440 e. The number of hydrogen-bond donors (Lipinski definition) is 0. The predicted molar refractivity (Wildman–Crippen MR) is 100 cm³/mol. The molecule has 0 bridgehead atoms. The number of aryl methyl sites for hydroxylation is 1. The van der Waals surface area contributed by atoms with Crippen LogP contribution in [0.2, 0.25) is 0 Å². The molecule has 6 nitrogen and oxygen atoms in total. The van der Waals surface area contributed by atoms with Crippen LogP contribution in [0.25, 0.3) is 11.6 Å². The van der Waals surface area contributed by atoms with E-state index in [2.05, 4.69) is 23.5 Å². The summed E-state index contributed by atoms with van der Waals surface area (Å²) >= 11 is 1.54. The van der Waals surface area contributed by atoms with Crippen LogP contribution in [0.15, 0.2) is 27.4 Å². The highest BCUT2D eigenvalue weighted by atomic mass is 32.1. The summed E-state index contributed by atoms with van der Waals surface area (Å²) in [5, 5.41) is 8.63. The summed E-state index contributed by atoms with van der Waals surface area (Å²) < 4.78 is 7.80. The minimum Gasteiger partial charge on any atom is -0.440 e. The van der Waals surface area contributed by atoms with Gasteiger partial charge in [-0.15, -0.1) is 0 Å². The molecule has 1 aliphatic rings. The molecule has 136 valence electrons. The summed E-state index contributed by atoms with van der Waals surface area (Å²) in [5.74, 6) is 1.85. The number of thiophene rings is 1. The fourth-order valence-electron chi connectivity index (χ4n) is 3.37. The summed E-state index contributed by atoms with van der Waals surface area (Å²) in [4.78, 5) is 19.0. The molecule has 26 heavy (non-hydrogen) atoms. The van der Waals surface area contributed by atoms with Crippen LogP contribution in [-0.4, -0.2) is 32.1 Å². The normalized spacial score (nSPS) is 14.1. The standard InChI is InChI=1S/C19H22N4O2S/c1-12(2)9-23-16-4-6-22(19(24)14-5-7-26-11-14)10-15(16)17(21-23)18-20-8-13(3)25-18/h5,7-8,11-12H,4,6,9-10H2,1-3H3. The van der Waals surface area contributed by atoms with Crippen molar-refractivity contribution < 1.29 is 9.21 Å². The first-order valence-electron chi connectivity index (χ1n) is 8.85. The molecule has 7 heteroatoms. The molecular weight excluding hydrogens is 348 g/mol. The van der Waals surface area contributed by atoms with Crippen molar-refractivity contribution in [1.82, 2.24) is 19.7 Å². The zero-order valence-electron chi connectivity index (χ0n) is 15.2. The van der Waals surface area contributed by atoms with Gasteiger partial charge in [-0.25, -0.2) is 4.98 Å². The van der Waals surface area contributed by atoms with Crippen LogP contribution >= 0.6 is 11.3 Å². The fourth-order valence-corrected chi connectivity index (χ4v) is 4.00. The Kier molecular flexibility index (Phi) is 4.40. The fraction of sp³-hybridized carbons (Fsp3) is 0.421. The molecule has 4 rings (SSSR count). The van der Waals surface area contributed by atoms with Gasteiger partial charge in [-0.1, -0.05) is 13.8 Å². The van der Waals surface area contributed by atoms with Crippen LogP contribution < -0.4 is 0 Å². The number of nitrogens with zero attached hydrogens (tertiary/aromatic N) is 4. The molecule has 0 unspecified atom stereocenters. The Morgan fingerprint density at radius 2 is 2.27 bits per heavy atom. The lowest BCUT2D eigenvalue weighted by atomic mass is 10.0. The zero-order valence-corrected chi connectivity index (χ0v) is 16.0. The van der Waals surface area contributed by atoms with E-state index < -0.39 is 0 Å². The SMILES string of the molecule is Cc1cnc(-c2nn(CC(C)C)c3c2CN(C(=O)c2ccsc2)CC3)o1. The topological polar surface area (TPSA) is 64.2 Å². The van der Waals surface area contributed by atoms with Gasteiger partial charge in [0.15, 0.2) is 5.69 Å². The van der Waals surface area contributed by atoms with Crippen molar-refractivity contribution in [3.63, 3.8) is 0 Å². The minimum atomic E-state index is 0.0723. The van der Waals surface area contributed by atoms with Crippen LogP contribution in [0.4, 0.5) is 0 Å². The lowest BCUT2D eigenvalue weighted by molar-refractivity contribution is 0.0733. The number of carbonyl (C=O) groups is 1. The summed E-state index contributed by atoms with van der Waals surface area (Å²) in [6.45, 7) is 8.33. The van der Waals surface area contributed by atoms with Gasteiger partial charge in [0.05, 0.1) is 18.3 Å². The average molecular weight is 370 g/mol. The van der Waals surface area contributed by atoms with Crippen LogP contribution in [0.5, 0.6) is 0 Å². The second kappa shape index (κ2) is 6.72. The average Bonchev–Trinajstić information content (AvgIpc) is 3.34. The lowest BCUT2D eigenvalue weighted by Gasteiger charge is -2.27. The molecule has 3 aromatic heterocycles. The molecule has 0 atom stereocenters. The Balaban J connectivity index is 1.71. The van der Waals surface area contributed by atoms with Gasteiger partial charge in [0.2, 0.25) is 5.89 Å². The molecular formula is C19H22N4O2S.